The highest BCUT2D eigenvalue weighted by Gasteiger charge is 2.05. The second-order valence-corrected chi connectivity index (χ2v) is 5.84. The Morgan fingerprint density at radius 3 is 2.18 bits per heavy atom. The van der Waals surface area contributed by atoms with Crippen molar-refractivity contribution in [1.29, 1.82) is 0 Å². The van der Waals surface area contributed by atoms with E-state index in [9.17, 15) is 4.79 Å². The molecule has 0 radical (unpaired) electrons. The first-order chi connectivity index (χ1) is 10.9. The van der Waals surface area contributed by atoms with E-state index in [1.165, 1.54) is 32.1 Å². The van der Waals surface area contributed by atoms with Crippen LogP contribution >= 0.6 is 0 Å². The fraction of sp³-hybridized carbons (Fsp3) is 0.526. The van der Waals surface area contributed by atoms with Gasteiger partial charge in [-0.1, -0.05) is 56.7 Å². The first-order valence-corrected chi connectivity index (χ1v) is 8.53. The molecule has 0 unspecified atom stereocenters. The van der Waals surface area contributed by atoms with Gasteiger partial charge in [0.25, 0.3) is 0 Å². The topological polar surface area (TPSA) is 29.5 Å². The van der Waals surface area contributed by atoms with Gasteiger partial charge in [0.2, 0.25) is 0 Å². The molecule has 1 aliphatic heterocycles. The number of anilines is 1. The summed E-state index contributed by atoms with van der Waals surface area (Å²) in [7, 11) is 0. The molecule has 1 aromatic carbocycles. The van der Waals surface area contributed by atoms with Crippen LogP contribution in [0.25, 0.3) is 0 Å². The maximum atomic E-state index is 11.8. The molecule has 0 spiro atoms. The molecule has 1 aromatic rings. The number of nitrogens with zero attached hydrogens (tertiary/aromatic N) is 1. The number of cyclic esters (lactones) is 1. The highest BCUT2D eigenvalue weighted by molar-refractivity contribution is 5.82. The van der Waals surface area contributed by atoms with Gasteiger partial charge in [-0.15, -0.1) is 0 Å². The molecule has 0 saturated heterocycles. The van der Waals surface area contributed by atoms with Crippen LogP contribution in [0.1, 0.15) is 51.4 Å². The molecule has 0 amide bonds. The molecule has 0 saturated carbocycles. The van der Waals surface area contributed by atoms with Crippen LogP contribution in [0.3, 0.4) is 0 Å². The largest absolute Gasteiger partial charge is 0.462 e. The summed E-state index contributed by atoms with van der Waals surface area (Å²) in [6.07, 6.45) is 13.1. The Balaban J connectivity index is 1.98. The van der Waals surface area contributed by atoms with Gasteiger partial charge in [0.05, 0.1) is 6.61 Å². The van der Waals surface area contributed by atoms with Gasteiger partial charge in [-0.3, -0.25) is 0 Å². The number of esters is 1. The molecule has 2 rings (SSSR count). The molecular weight excluding hydrogens is 274 g/mol. The summed E-state index contributed by atoms with van der Waals surface area (Å²) in [6, 6.07) is 10.2. The van der Waals surface area contributed by atoms with Crippen LogP contribution < -0.4 is 4.90 Å². The Morgan fingerprint density at radius 1 is 0.818 bits per heavy atom. The van der Waals surface area contributed by atoms with Gasteiger partial charge in [0.1, 0.15) is 0 Å². The van der Waals surface area contributed by atoms with Crippen LogP contribution in [0, 0.1) is 0 Å². The predicted octanol–water partition coefficient (Wildman–Crippen LogP) is 4.68. The Hall–Kier alpha value is -1.77. The first-order valence-electron chi connectivity index (χ1n) is 8.53. The molecule has 0 fully saturated rings. The molecule has 0 atom stereocenters. The highest BCUT2D eigenvalue weighted by Crippen LogP contribution is 2.16. The smallest absolute Gasteiger partial charge is 0.332 e. The minimum Gasteiger partial charge on any atom is -0.462 e. The molecule has 3 nitrogen and oxygen atoms in total. The summed E-state index contributed by atoms with van der Waals surface area (Å²) in [6.45, 7) is 1.47. The van der Waals surface area contributed by atoms with Crippen LogP contribution in [0.4, 0.5) is 5.69 Å². The molecule has 0 aliphatic carbocycles. The Labute approximate surface area is 134 Å². The van der Waals surface area contributed by atoms with Gasteiger partial charge in [-0.05, 0) is 25.0 Å². The number of para-hydroxylation sites is 1. The summed E-state index contributed by atoms with van der Waals surface area (Å²) >= 11 is 0. The Morgan fingerprint density at radius 2 is 1.45 bits per heavy atom. The molecule has 0 bridgehead atoms. The zero-order valence-corrected chi connectivity index (χ0v) is 13.4. The zero-order valence-electron chi connectivity index (χ0n) is 13.4. The minimum atomic E-state index is -0.240. The van der Waals surface area contributed by atoms with E-state index in [0.717, 1.165) is 31.5 Å². The second kappa shape index (κ2) is 10.0. The summed E-state index contributed by atoms with van der Waals surface area (Å²) < 4.78 is 5.25. The number of hydrogen-bond acceptors (Lipinski definition) is 3. The van der Waals surface area contributed by atoms with Crippen molar-refractivity contribution in [3.63, 3.8) is 0 Å². The van der Waals surface area contributed by atoms with Gasteiger partial charge in [-0.2, -0.15) is 0 Å². The Bertz CT molecular complexity index is 456. The van der Waals surface area contributed by atoms with E-state index in [1.54, 1.807) is 6.08 Å². The van der Waals surface area contributed by atoms with Crippen molar-refractivity contribution < 1.29 is 9.53 Å². The van der Waals surface area contributed by atoms with E-state index in [4.69, 9.17) is 4.74 Å². The average Bonchev–Trinajstić information content (AvgIpc) is 2.56. The van der Waals surface area contributed by atoms with E-state index in [0.29, 0.717) is 6.61 Å². The van der Waals surface area contributed by atoms with Crippen molar-refractivity contribution in [3.05, 3.63) is 42.6 Å². The van der Waals surface area contributed by atoms with Crippen LogP contribution in [0.2, 0.25) is 0 Å². The van der Waals surface area contributed by atoms with Gasteiger partial charge >= 0.3 is 5.97 Å². The minimum absolute atomic E-state index is 0.240. The van der Waals surface area contributed by atoms with Crippen LogP contribution in [0.15, 0.2) is 42.6 Å². The molecule has 0 N–H and O–H groups in total. The van der Waals surface area contributed by atoms with Gasteiger partial charge in [-0.25, -0.2) is 4.79 Å². The standard InChI is InChI=1S/C19H27NO2/c21-19-14-16-20(18-12-8-7-9-13-18)15-10-5-3-1-2-4-6-11-17-22-19/h7-9,12-14,16H,1-6,10-11,15,17H2/b16-14+. The molecule has 3 heteroatoms. The zero-order chi connectivity index (χ0) is 15.5. The number of ether oxygens (including phenoxy) is 1. The van der Waals surface area contributed by atoms with Crippen LogP contribution in [0.5, 0.6) is 0 Å². The highest BCUT2D eigenvalue weighted by atomic mass is 16.5. The lowest BCUT2D eigenvalue weighted by Crippen LogP contribution is -2.18. The van der Waals surface area contributed by atoms with Gasteiger partial charge < -0.3 is 9.64 Å². The van der Waals surface area contributed by atoms with Crippen LogP contribution in [-0.2, 0) is 9.53 Å². The third kappa shape index (κ3) is 6.33. The fourth-order valence-corrected chi connectivity index (χ4v) is 2.73. The summed E-state index contributed by atoms with van der Waals surface area (Å²) in [4.78, 5) is 13.9. The average molecular weight is 301 g/mol. The molecule has 22 heavy (non-hydrogen) atoms. The van der Waals surface area contributed by atoms with E-state index in [-0.39, 0.29) is 5.97 Å². The van der Waals surface area contributed by atoms with Crippen molar-refractivity contribution >= 4 is 11.7 Å². The van der Waals surface area contributed by atoms with E-state index in [1.807, 2.05) is 24.4 Å². The molecule has 1 aliphatic rings. The first kappa shape index (κ1) is 16.6. The van der Waals surface area contributed by atoms with Crippen molar-refractivity contribution in [1.82, 2.24) is 0 Å². The summed E-state index contributed by atoms with van der Waals surface area (Å²) in [5, 5.41) is 0. The fourth-order valence-electron chi connectivity index (χ4n) is 2.73. The van der Waals surface area contributed by atoms with Gasteiger partial charge in [0.15, 0.2) is 0 Å². The maximum absolute atomic E-state index is 11.8. The number of rotatable bonds is 1. The Kier molecular flexibility index (Phi) is 7.57. The van der Waals surface area contributed by atoms with Crippen molar-refractivity contribution in [2.45, 2.75) is 51.4 Å². The quantitative estimate of drug-likeness (QED) is 0.705. The normalized spacial score (nSPS) is 20.5. The van der Waals surface area contributed by atoms with E-state index < -0.39 is 0 Å². The molecule has 0 aromatic heterocycles. The number of carbonyl (C=O) groups is 1. The van der Waals surface area contributed by atoms with Crippen LogP contribution in [-0.4, -0.2) is 19.1 Å². The lowest BCUT2D eigenvalue weighted by molar-refractivity contribution is -0.137. The third-order valence-corrected chi connectivity index (χ3v) is 4.02. The van der Waals surface area contributed by atoms with E-state index >= 15 is 0 Å². The summed E-state index contributed by atoms with van der Waals surface area (Å²) in [5.74, 6) is -0.240. The maximum Gasteiger partial charge on any atom is 0.332 e. The van der Waals surface area contributed by atoms with E-state index in [2.05, 4.69) is 17.0 Å². The summed E-state index contributed by atoms with van der Waals surface area (Å²) in [5.41, 5.74) is 1.12. The van der Waals surface area contributed by atoms with Gasteiger partial charge in [0, 0.05) is 24.5 Å². The van der Waals surface area contributed by atoms with Crippen molar-refractivity contribution in [3.8, 4) is 0 Å². The van der Waals surface area contributed by atoms with Crippen molar-refractivity contribution in [2.75, 3.05) is 18.1 Å². The molecular formula is C19H27NO2. The monoisotopic (exact) mass is 301 g/mol. The lowest BCUT2D eigenvalue weighted by atomic mass is 10.1. The van der Waals surface area contributed by atoms with Crippen molar-refractivity contribution in [2.24, 2.45) is 0 Å². The number of carbonyl (C=O) groups excluding carboxylic acids is 1. The molecule has 120 valence electrons. The SMILES string of the molecule is O=C1/C=C/N(c2ccccc2)CCCCCCCCCCO1. The predicted molar refractivity (Wildman–Crippen MR) is 90.8 cm³/mol. The molecule has 1 heterocycles. The number of hydrogen-bond donors (Lipinski definition) is 0. The lowest BCUT2D eigenvalue weighted by Gasteiger charge is -2.20. The second-order valence-electron chi connectivity index (χ2n) is 5.84. The number of benzene rings is 1. The third-order valence-electron chi connectivity index (χ3n) is 4.02.